The topological polar surface area (TPSA) is 79.2 Å². The maximum absolute atomic E-state index is 9.59. The number of aliphatic hydroxyl groups excluding tert-OH is 3. The minimum Gasteiger partial charge on any atom is -0.394 e. The van der Waals surface area contributed by atoms with E-state index in [1.807, 2.05) is 0 Å². The van der Waals surface area contributed by atoms with Crippen molar-refractivity contribution in [1.29, 1.82) is 0 Å². The Hall–Kier alpha value is -0.460. The molecule has 1 aliphatic heterocycles. The highest BCUT2D eigenvalue weighted by Gasteiger charge is 2.46. The van der Waals surface area contributed by atoms with E-state index in [2.05, 4.69) is 6.58 Å². The highest BCUT2D eigenvalue weighted by Crippen LogP contribution is 2.31. The third-order valence-electron chi connectivity index (χ3n) is 2.31. The van der Waals surface area contributed by atoms with Gasteiger partial charge in [-0.2, -0.15) is 0 Å². The summed E-state index contributed by atoms with van der Waals surface area (Å²) < 4.78 is 10.8. The Kier molecular flexibility index (Phi) is 3.86. The molecule has 0 saturated carbocycles. The summed E-state index contributed by atoms with van der Waals surface area (Å²) in [5.41, 5.74) is 0. The molecule has 15 heavy (non-hydrogen) atoms. The molecule has 0 aromatic carbocycles. The molecular weight excluding hydrogens is 200 g/mol. The lowest BCUT2D eigenvalue weighted by molar-refractivity contribution is -0.160. The fraction of sp³-hybridized carbons (Fsp3) is 0.800. The molecule has 5 nitrogen and oxygen atoms in total. The molecule has 0 radical (unpaired) electrons. The minimum absolute atomic E-state index is 0.440. The maximum atomic E-state index is 9.59. The van der Waals surface area contributed by atoms with Gasteiger partial charge in [0, 0.05) is 0 Å². The first-order chi connectivity index (χ1) is 6.91. The Labute approximate surface area is 88.9 Å². The molecule has 0 amide bonds. The predicted molar refractivity (Wildman–Crippen MR) is 53.1 cm³/mol. The van der Waals surface area contributed by atoms with Gasteiger partial charge in [0.05, 0.1) is 6.61 Å². The van der Waals surface area contributed by atoms with Gasteiger partial charge in [-0.25, -0.2) is 0 Å². The van der Waals surface area contributed by atoms with Crippen molar-refractivity contribution in [3.05, 3.63) is 12.7 Å². The van der Waals surface area contributed by atoms with Gasteiger partial charge in [-0.15, -0.1) is 6.58 Å². The van der Waals surface area contributed by atoms with Crippen LogP contribution in [0.3, 0.4) is 0 Å². The normalized spacial score (nSPS) is 33.7. The summed E-state index contributed by atoms with van der Waals surface area (Å²) in [5, 5.41) is 27.9. The van der Waals surface area contributed by atoms with E-state index in [9.17, 15) is 10.2 Å². The van der Waals surface area contributed by atoms with E-state index in [1.165, 1.54) is 6.08 Å². The summed E-state index contributed by atoms with van der Waals surface area (Å²) >= 11 is 0. The predicted octanol–water partition coefficient (Wildman–Crippen LogP) is -0.593. The monoisotopic (exact) mass is 218 g/mol. The Morgan fingerprint density at radius 1 is 1.33 bits per heavy atom. The van der Waals surface area contributed by atoms with Gasteiger partial charge in [0.1, 0.15) is 24.4 Å². The summed E-state index contributed by atoms with van der Waals surface area (Å²) in [7, 11) is 0. The van der Waals surface area contributed by atoms with Crippen LogP contribution in [0, 0.1) is 0 Å². The van der Waals surface area contributed by atoms with Gasteiger partial charge in [-0.05, 0) is 13.8 Å². The van der Waals surface area contributed by atoms with Crippen molar-refractivity contribution in [3.8, 4) is 0 Å². The molecule has 1 fully saturated rings. The fourth-order valence-corrected chi connectivity index (χ4v) is 1.62. The van der Waals surface area contributed by atoms with Crippen LogP contribution in [0.1, 0.15) is 13.8 Å². The largest absolute Gasteiger partial charge is 0.394 e. The third kappa shape index (κ3) is 2.76. The quantitative estimate of drug-likeness (QED) is 0.549. The maximum Gasteiger partial charge on any atom is 0.164 e. The Morgan fingerprint density at radius 2 is 1.87 bits per heavy atom. The van der Waals surface area contributed by atoms with Gasteiger partial charge < -0.3 is 24.8 Å². The average molecular weight is 218 g/mol. The summed E-state index contributed by atoms with van der Waals surface area (Å²) in [6.45, 7) is 6.36. The van der Waals surface area contributed by atoms with E-state index in [0.717, 1.165) is 0 Å². The van der Waals surface area contributed by atoms with Crippen LogP contribution in [0.15, 0.2) is 12.7 Å². The molecule has 3 N–H and O–H groups in total. The van der Waals surface area contributed by atoms with Crippen LogP contribution in [-0.2, 0) is 9.47 Å². The van der Waals surface area contributed by atoms with Gasteiger partial charge >= 0.3 is 0 Å². The summed E-state index contributed by atoms with van der Waals surface area (Å²) in [4.78, 5) is 0. The second-order valence-corrected chi connectivity index (χ2v) is 4.04. The van der Waals surface area contributed by atoms with E-state index in [1.54, 1.807) is 13.8 Å². The molecule has 1 rings (SSSR count). The lowest BCUT2D eigenvalue weighted by atomic mass is 10.0. The molecule has 0 aromatic heterocycles. The molecule has 0 aromatic rings. The van der Waals surface area contributed by atoms with Crippen LogP contribution >= 0.6 is 0 Å². The van der Waals surface area contributed by atoms with Crippen molar-refractivity contribution in [1.82, 2.24) is 0 Å². The summed E-state index contributed by atoms with van der Waals surface area (Å²) in [5.74, 6) is -0.879. The van der Waals surface area contributed by atoms with Gasteiger partial charge in [0.2, 0.25) is 0 Å². The molecule has 88 valence electrons. The van der Waals surface area contributed by atoms with Gasteiger partial charge in [-0.1, -0.05) is 6.08 Å². The highest BCUT2D eigenvalue weighted by atomic mass is 16.8. The van der Waals surface area contributed by atoms with Gasteiger partial charge in [-0.3, -0.25) is 0 Å². The molecule has 1 aliphatic rings. The van der Waals surface area contributed by atoms with Crippen molar-refractivity contribution >= 4 is 0 Å². The lowest BCUT2D eigenvalue weighted by Crippen LogP contribution is -2.43. The highest BCUT2D eigenvalue weighted by molar-refractivity contribution is 4.96. The van der Waals surface area contributed by atoms with E-state index in [-0.39, 0.29) is 0 Å². The molecule has 1 saturated heterocycles. The second kappa shape index (κ2) is 4.59. The van der Waals surface area contributed by atoms with E-state index >= 15 is 0 Å². The number of hydrogen-bond acceptors (Lipinski definition) is 5. The number of hydrogen-bond donors (Lipinski definition) is 3. The first kappa shape index (κ1) is 12.6. The molecule has 0 aliphatic carbocycles. The van der Waals surface area contributed by atoms with E-state index < -0.39 is 36.8 Å². The standard InChI is InChI=1S/C10H18O5/c1-4-6(12)8-9(7(13)5-11)15-10(2,3)14-8/h4,6-9,11-13H,1,5H2,2-3H3/t6-,7-,8-,9+/m0/s1. The summed E-state index contributed by atoms with van der Waals surface area (Å²) in [6, 6.07) is 0. The Bertz CT molecular complexity index is 228. The van der Waals surface area contributed by atoms with Crippen molar-refractivity contribution in [3.63, 3.8) is 0 Å². The van der Waals surface area contributed by atoms with E-state index in [0.29, 0.717) is 0 Å². The Morgan fingerprint density at radius 3 is 2.33 bits per heavy atom. The van der Waals surface area contributed by atoms with Crippen LogP contribution in [0.5, 0.6) is 0 Å². The molecule has 1 heterocycles. The van der Waals surface area contributed by atoms with Crippen molar-refractivity contribution < 1.29 is 24.8 Å². The zero-order valence-electron chi connectivity index (χ0n) is 8.96. The van der Waals surface area contributed by atoms with E-state index in [4.69, 9.17) is 14.6 Å². The first-order valence-electron chi connectivity index (χ1n) is 4.86. The number of aliphatic hydroxyl groups is 3. The third-order valence-corrected chi connectivity index (χ3v) is 2.31. The molecule has 5 heteroatoms. The molecule has 0 bridgehead atoms. The van der Waals surface area contributed by atoms with Gasteiger partial charge in [0.15, 0.2) is 5.79 Å². The zero-order chi connectivity index (χ0) is 11.6. The van der Waals surface area contributed by atoms with Crippen LogP contribution in [-0.4, -0.2) is 52.1 Å². The molecule has 0 unspecified atom stereocenters. The van der Waals surface area contributed by atoms with Crippen molar-refractivity contribution in [2.75, 3.05) is 6.61 Å². The second-order valence-electron chi connectivity index (χ2n) is 4.04. The minimum atomic E-state index is -1.08. The SMILES string of the molecule is C=C[C@H](O)[C@@H]1OC(C)(C)O[C@@H]1[C@@H](O)CO. The Balaban J connectivity index is 2.78. The van der Waals surface area contributed by atoms with Crippen LogP contribution in [0.2, 0.25) is 0 Å². The average Bonchev–Trinajstić information content (AvgIpc) is 2.52. The fourth-order valence-electron chi connectivity index (χ4n) is 1.62. The smallest absolute Gasteiger partial charge is 0.164 e. The van der Waals surface area contributed by atoms with Crippen LogP contribution in [0.4, 0.5) is 0 Å². The van der Waals surface area contributed by atoms with Crippen LogP contribution in [0.25, 0.3) is 0 Å². The molecular formula is C10H18O5. The van der Waals surface area contributed by atoms with Crippen molar-refractivity contribution in [2.45, 2.75) is 44.1 Å². The molecule has 4 atom stereocenters. The van der Waals surface area contributed by atoms with Gasteiger partial charge in [0.25, 0.3) is 0 Å². The van der Waals surface area contributed by atoms with Crippen molar-refractivity contribution in [2.24, 2.45) is 0 Å². The summed E-state index contributed by atoms with van der Waals surface area (Å²) in [6.07, 6.45) is -2.16. The number of ether oxygens (including phenoxy) is 2. The lowest BCUT2D eigenvalue weighted by Gasteiger charge is -2.22. The zero-order valence-corrected chi connectivity index (χ0v) is 8.96. The number of rotatable bonds is 4. The van der Waals surface area contributed by atoms with Crippen LogP contribution < -0.4 is 0 Å². The first-order valence-corrected chi connectivity index (χ1v) is 4.86. The molecule has 0 spiro atoms.